The van der Waals surface area contributed by atoms with Gasteiger partial charge in [0.05, 0.1) is 5.60 Å². The third-order valence-corrected chi connectivity index (χ3v) is 3.52. The van der Waals surface area contributed by atoms with Crippen molar-refractivity contribution in [3.63, 3.8) is 0 Å². The van der Waals surface area contributed by atoms with E-state index in [1.807, 2.05) is 0 Å². The molecule has 0 aromatic heterocycles. The summed E-state index contributed by atoms with van der Waals surface area (Å²) in [6.45, 7) is 2.69. The molecule has 1 aliphatic heterocycles. The Bertz CT molecular complexity index is 488. The van der Waals surface area contributed by atoms with Gasteiger partial charge in [-0.3, -0.25) is 4.79 Å². The van der Waals surface area contributed by atoms with Crippen molar-refractivity contribution in [1.82, 2.24) is 4.90 Å². The van der Waals surface area contributed by atoms with Crippen LogP contribution in [0.25, 0.3) is 0 Å². The Morgan fingerprint density at radius 3 is 2.68 bits per heavy atom. The van der Waals surface area contributed by atoms with Crippen LogP contribution in [0.3, 0.4) is 0 Å². The lowest BCUT2D eigenvalue weighted by molar-refractivity contribution is 0.0438. The number of amides is 1. The Hall–Kier alpha value is -1.49. The average molecular weight is 269 g/mol. The minimum Gasteiger partial charge on any atom is -0.390 e. The van der Waals surface area contributed by atoms with Crippen molar-refractivity contribution in [3.8, 4) is 0 Å². The Balaban J connectivity index is 2.13. The maximum absolute atomic E-state index is 13.1. The van der Waals surface area contributed by atoms with E-state index in [0.29, 0.717) is 32.4 Å². The summed E-state index contributed by atoms with van der Waals surface area (Å²) in [5.74, 6) is -2.31. The van der Waals surface area contributed by atoms with Crippen LogP contribution < -0.4 is 0 Å². The number of carbonyl (C=O) groups excluding carboxylic acids is 1. The molecule has 1 aliphatic rings. The van der Waals surface area contributed by atoms with Gasteiger partial charge in [-0.05, 0) is 44.4 Å². The molecule has 1 aromatic carbocycles. The smallest absolute Gasteiger partial charge is 0.253 e. The third kappa shape index (κ3) is 3.29. The molecular formula is C14H17F2NO2. The zero-order chi connectivity index (χ0) is 14.0. The van der Waals surface area contributed by atoms with Gasteiger partial charge in [0.15, 0.2) is 11.6 Å². The van der Waals surface area contributed by atoms with Crippen LogP contribution in [0.2, 0.25) is 0 Å². The summed E-state index contributed by atoms with van der Waals surface area (Å²) < 4.78 is 26.0. The first-order chi connectivity index (χ1) is 8.89. The van der Waals surface area contributed by atoms with E-state index in [1.54, 1.807) is 11.8 Å². The zero-order valence-corrected chi connectivity index (χ0v) is 10.8. The molecule has 1 amide bonds. The number of rotatable bonds is 1. The van der Waals surface area contributed by atoms with Gasteiger partial charge in [-0.25, -0.2) is 8.78 Å². The molecule has 0 radical (unpaired) electrons. The van der Waals surface area contributed by atoms with E-state index < -0.39 is 17.2 Å². The van der Waals surface area contributed by atoms with Crippen LogP contribution >= 0.6 is 0 Å². The van der Waals surface area contributed by atoms with Crippen LogP contribution in [0.1, 0.15) is 36.5 Å². The number of carbonyl (C=O) groups is 1. The van der Waals surface area contributed by atoms with E-state index in [2.05, 4.69) is 0 Å². The molecule has 104 valence electrons. The topological polar surface area (TPSA) is 40.5 Å². The first kappa shape index (κ1) is 13.9. The number of benzene rings is 1. The molecule has 5 heteroatoms. The minimum absolute atomic E-state index is 0.139. The maximum Gasteiger partial charge on any atom is 0.253 e. The van der Waals surface area contributed by atoms with Crippen LogP contribution in [0, 0.1) is 11.6 Å². The molecule has 1 saturated heterocycles. The van der Waals surface area contributed by atoms with Crippen molar-refractivity contribution in [2.75, 3.05) is 13.1 Å². The molecule has 1 N–H and O–H groups in total. The van der Waals surface area contributed by atoms with E-state index in [-0.39, 0.29) is 11.5 Å². The van der Waals surface area contributed by atoms with E-state index in [9.17, 15) is 18.7 Å². The number of aliphatic hydroxyl groups is 1. The molecule has 1 atom stereocenters. The van der Waals surface area contributed by atoms with Crippen LogP contribution in [-0.4, -0.2) is 34.6 Å². The molecule has 1 fully saturated rings. The average Bonchev–Trinajstić information content (AvgIpc) is 2.53. The fourth-order valence-electron chi connectivity index (χ4n) is 2.28. The molecule has 3 nitrogen and oxygen atoms in total. The summed E-state index contributed by atoms with van der Waals surface area (Å²) in [6.07, 6.45) is 1.82. The van der Waals surface area contributed by atoms with Gasteiger partial charge in [-0.1, -0.05) is 0 Å². The largest absolute Gasteiger partial charge is 0.390 e. The number of halogens is 2. The lowest BCUT2D eigenvalue weighted by Gasteiger charge is -2.22. The standard InChI is InChI=1S/C14H17F2NO2/c1-14(19)5-2-7-17(8-6-14)13(18)10-3-4-11(15)12(16)9-10/h3-4,9,19H,2,5-8H2,1H3. The van der Waals surface area contributed by atoms with Gasteiger partial charge in [0.25, 0.3) is 5.91 Å². The lowest BCUT2D eigenvalue weighted by atomic mass is 9.98. The molecule has 1 unspecified atom stereocenters. The monoisotopic (exact) mass is 269 g/mol. The second-order valence-electron chi connectivity index (χ2n) is 5.27. The Labute approximate surface area is 110 Å². The van der Waals surface area contributed by atoms with E-state index >= 15 is 0 Å². The molecular weight excluding hydrogens is 252 g/mol. The van der Waals surface area contributed by atoms with Gasteiger partial charge in [-0.2, -0.15) is 0 Å². The lowest BCUT2D eigenvalue weighted by Crippen LogP contribution is -2.33. The molecule has 1 aromatic rings. The van der Waals surface area contributed by atoms with Crippen molar-refractivity contribution in [2.45, 2.75) is 31.8 Å². The van der Waals surface area contributed by atoms with Gasteiger partial charge < -0.3 is 10.0 Å². The van der Waals surface area contributed by atoms with Gasteiger partial charge in [0.2, 0.25) is 0 Å². The molecule has 0 saturated carbocycles. The summed E-state index contributed by atoms with van der Waals surface area (Å²) >= 11 is 0. The Morgan fingerprint density at radius 1 is 1.26 bits per heavy atom. The molecule has 0 spiro atoms. The zero-order valence-electron chi connectivity index (χ0n) is 10.8. The van der Waals surface area contributed by atoms with Crippen molar-refractivity contribution < 1.29 is 18.7 Å². The minimum atomic E-state index is -1.02. The summed E-state index contributed by atoms with van der Waals surface area (Å²) in [4.78, 5) is 13.8. The first-order valence-electron chi connectivity index (χ1n) is 6.36. The maximum atomic E-state index is 13.1. The van der Waals surface area contributed by atoms with Crippen molar-refractivity contribution in [2.24, 2.45) is 0 Å². The normalized spacial score (nSPS) is 24.1. The van der Waals surface area contributed by atoms with Crippen LogP contribution in [0.4, 0.5) is 8.78 Å². The third-order valence-electron chi connectivity index (χ3n) is 3.52. The second-order valence-corrected chi connectivity index (χ2v) is 5.27. The fourth-order valence-corrected chi connectivity index (χ4v) is 2.28. The Morgan fingerprint density at radius 2 is 2.00 bits per heavy atom. The van der Waals surface area contributed by atoms with Gasteiger partial charge in [-0.15, -0.1) is 0 Å². The number of hydrogen-bond acceptors (Lipinski definition) is 2. The summed E-state index contributed by atoms with van der Waals surface area (Å²) in [5.41, 5.74) is -0.622. The molecule has 0 aliphatic carbocycles. The first-order valence-corrected chi connectivity index (χ1v) is 6.36. The van der Waals surface area contributed by atoms with Crippen LogP contribution in [-0.2, 0) is 0 Å². The van der Waals surface area contributed by atoms with Crippen LogP contribution in [0.15, 0.2) is 18.2 Å². The van der Waals surface area contributed by atoms with E-state index in [0.717, 1.165) is 12.1 Å². The predicted molar refractivity (Wildman–Crippen MR) is 66.7 cm³/mol. The molecule has 19 heavy (non-hydrogen) atoms. The fraction of sp³-hybridized carbons (Fsp3) is 0.500. The van der Waals surface area contributed by atoms with Crippen LogP contribution in [0.5, 0.6) is 0 Å². The van der Waals surface area contributed by atoms with Crippen molar-refractivity contribution in [3.05, 3.63) is 35.4 Å². The van der Waals surface area contributed by atoms with Gasteiger partial charge >= 0.3 is 0 Å². The highest BCUT2D eigenvalue weighted by Gasteiger charge is 2.27. The van der Waals surface area contributed by atoms with Gasteiger partial charge in [0, 0.05) is 18.7 Å². The highest BCUT2D eigenvalue weighted by molar-refractivity contribution is 5.94. The molecule has 0 bridgehead atoms. The second kappa shape index (κ2) is 5.25. The summed E-state index contributed by atoms with van der Waals surface area (Å²) in [5, 5.41) is 9.96. The summed E-state index contributed by atoms with van der Waals surface area (Å²) in [6, 6.07) is 3.15. The highest BCUT2D eigenvalue weighted by Crippen LogP contribution is 2.22. The van der Waals surface area contributed by atoms with Crippen molar-refractivity contribution >= 4 is 5.91 Å². The van der Waals surface area contributed by atoms with E-state index in [1.165, 1.54) is 6.07 Å². The number of likely N-dealkylation sites (tertiary alicyclic amines) is 1. The van der Waals surface area contributed by atoms with E-state index in [4.69, 9.17) is 0 Å². The number of hydrogen-bond donors (Lipinski definition) is 1. The van der Waals surface area contributed by atoms with Crippen molar-refractivity contribution in [1.29, 1.82) is 0 Å². The molecule has 2 rings (SSSR count). The number of nitrogens with zero attached hydrogens (tertiary/aromatic N) is 1. The quantitative estimate of drug-likeness (QED) is 0.850. The molecule has 1 heterocycles. The Kier molecular flexibility index (Phi) is 3.85. The SMILES string of the molecule is CC1(O)CCCN(C(=O)c2ccc(F)c(F)c2)CC1. The van der Waals surface area contributed by atoms with Gasteiger partial charge in [0.1, 0.15) is 0 Å². The summed E-state index contributed by atoms with van der Waals surface area (Å²) in [7, 11) is 0. The predicted octanol–water partition coefficient (Wildman–Crippen LogP) is 2.34. The highest BCUT2D eigenvalue weighted by atomic mass is 19.2.